The first-order chi connectivity index (χ1) is 13.0. The molecule has 2 aliphatic rings. The summed E-state index contributed by atoms with van der Waals surface area (Å²) in [5.74, 6) is 0.292. The Labute approximate surface area is 167 Å². The number of fused-ring (bicyclic) bond motifs is 1. The van der Waals surface area contributed by atoms with Gasteiger partial charge in [-0.3, -0.25) is 0 Å². The van der Waals surface area contributed by atoms with Gasteiger partial charge in [-0.25, -0.2) is 4.79 Å². The average molecular weight is 385 g/mol. The minimum absolute atomic E-state index is 0.0634. The number of carboxylic acid groups (broad SMARTS) is 1. The predicted molar refractivity (Wildman–Crippen MR) is 112 cm³/mol. The number of ether oxygens (including phenoxy) is 1. The number of hydrogen-bond acceptors (Lipinski definition) is 3. The molecule has 2 N–H and O–H groups in total. The van der Waals surface area contributed by atoms with Gasteiger partial charge in [0.05, 0.1) is 5.56 Å². The number of carboxylic acids is 1. The molecule has 1 aromatic rings. The van der Waals surface area contributed by atoms with Gasteiger partial charge in [-0.15, -0.1) is 0 Å². The highest BCUT2D eigenvalue weighted by Crippen LogP contribution is 2.51. The molecular formula is C24H32O4. The Morgan fingerprint density at radius 1 is 1.32 bits per heavy atom. The molecule has 1 heterocycles. The third-order valence-electron chi connectivity index (χ3n) is 7.44. The van der Waals surface area contributed by atoms with Crippen LogP contribution in [0.2, 0.25) is 0 Å². The molecule has 4 nitrogen and oxygen atoms in total. The van der Waals surface area contributed by atoms with Gasteiger partial charge in [0, 0.05) is 0 Å². The van der Waals surface area contributed by atoms with Gasteiger partial charge in [0.1, 0.15) is 22.7 Å². The van der Waals surface area contributed by atoms with Crippen LogP contribution in [0.15, 0.2) is 24.3 Å². The smallest absolute Gasteiger partial charge is 0.339 e. The van der Waals surface area contributed by atoms with Gasteiger partial charge >= 0.3 is 5.97 Å². The first kappa shape index (κ1) is 20.5. The normalized spacial score (nSPS) is 32.0. The second-order valence-electron chi connectivity index (χ2n) is 9.21. The lowest BCUT2D eigenvalue weighted by atomic mass is 9.58. The number of aromatic carboxylic acids is 1. The van der Waals surface area contributed by atoms with Crippen molar-refractivity contribution in [1.29, 1.82) is 0 Å². The van der Waals surface area contributed by atoms with E-state index in [2.05, 4.69) is 34.3 Å². The molecule has 0 aromatic heterocycles. The van der Waals surface area contributed by atoms with Gasteiger partial charge in [0.2, 0.25) is 0 Å². The number of aryl methyl sites for hydroxylation is 1. The summed E-state index contributed by atoms with van der Waals surface area (Å²) in [4.78, 5) is 11.4. The van der Waals surface area contributed by atoms with E-state index < -0.39 is 11.6 Å². The van der Waals surface area contributed by atoms with Gasteiger partial charge in [-0.2, -0.15) is 0 Å². The Hall–Kier alpha value is -2.23. The van der Waals surface area contributed by atoms with Crippen LogP contribution in [0.5, 0.6) is 11.5 Å². The highest BCUT2D eigenvalue weighted by Gasteiger charge is 2.42. The largest absolute Gasteiger partial charge is 0.506 e. The molecule has 1 aromatic carbocycles. The second-order valence-corrected chi connectivity index (χ2v) is 9.21. The van der Waals surface area contributed by atoms with Gasteiger partial charge in [0.25, 0.3) is 0 Å². The molecule has 0 spiro atoms. The van der Waals surface area contributed by atoms with E-state index in [0.717, 1.165) is 19.3 Å². The molecule has 0 amide bonds. The van der Waals surface area contributed by atoms with E-state index in [1.807, 2.05) is 6.08 Å². The molecule has 0 bridgehead atoms. The van der Waals surface area contributed by atoms with Crippen molar-refractivity contribution in [2.24, 2.45) is 17.3 Å². The fourth-order valence-electron chi connectivity index (χ4n) is 4.80. The highest BCUT2D eigenvalue weighted by atomic mass is 16.5. The summed E-state index contributed by atoms with van der Waals surface area (Å²) in [6.07, 6.45) is 7.91. The maximum atomic E-state index is 11.4. The Morgan fingerprint density at radius 2 is 2.00 bits per heavy atom. The molecule has 1 fully saturated rings. The number of hydrogen-bond donors (Lipinski definition) is 2. The zero-order chi connectivity index (χ0) is 20.9. The summed E-state index contributed by atoms with van der Waals surface area (Å²) in [6, 6.07) is 1.72. The molecule has 1 aliphatic carbocycles. The average Bonchev–Trinajstić information content (AvgIpc) is 2.61. The van der Waals surface area contributed by atoms with Gasteiger partial charge in [-0.05, 0) is 80.6 Å². The molecule has 152 valence electrons. The Balaban J connectivity index is 1.84. The van der Waals surface area contributed by atoms with E-state index in [4.69, 9.17) is 4.74 Å². The molecule has 4 heteroatoms. The van der Waals surface area contributed by atoms with Crippen molar-refractivity contribution >= 4 is 12.0 Å². The van der Waals surface area contributed by atoms with E-state index in [-0.39, 0.29) is 16.7 Å². The maximum Gasteiger partial charge on any atom is 0.339 e. The minimum Gasteiger partial charge on any atom is -0.506 e. The summed E-state index contributed by atoms with van der Waals surface area (Å²) in [5, 5.41) is 19.8. The summed E-state index contributed by atoms with van der Waals surface area (Å²) >= 11 is 0. The Morgan fingerprint density at radius 3 is 2.64 bits per heavy atom. The van der Waals surface area contributed by atoms with Crippen LogP contribution in [0.3, 0.4) is 0 Å². The van der Waals surface area contributed by atoms with Crippen molar-refractivity contribution in [2.75, 3.05) is 0 Å². The van der Waals surface area contributed by atoms with Gasteiger partial charge in [-0.1, -0.05) is 32.9 Å². The zero-order valence-electron chi connectivity index (χ0n) is 17.6. The number of rotatable bonds is 4. The lowest BCUT2D eigenvalue weighted by Crippen LogP contribution is -2.41. The fraction of sp³-hybridized carbons (Fsp3) is 0.542. The Kier molecular flexibility index (Phi) is 5.11. The lowest BCUT2D eigenvalue weighted by Gasteiger charge is -2.48. The second kappa shape index (κ2) is 6.98. The first-order valence-electron chi connectivity index (χ1n) is 10.1. The van der Waals surface area contributed by atoms with Crippen LogP contribution < -0.4 is 4.74 Å². The third kappa shape index (κ3) is 3.34. The summed E-state index contributed by atoms with van der Waals surface area (Å²) in [5.41, 5.74) is 1.92. The van der Waals surface area contributed by atoms with E-state index in [1.54, 1.807) is 19.1 Å². The van der Waals surface area contributed by atoms with E-state index in [9.17, 15) is 15.0 Å². The van der Waals surface area contributed by atoms with Crippen molar-refractivity contribution in [3.05, 3.63) is 41.0 Å². The van der Waals surface area contributed by atoms with Crippen LogP contribution in [0, 0.1) is 24.2 Å². The van der Waals surface area contributed by atoms with Crippen LogP contribution in [0.25, 0.3) is 6.08 Å². The van der Waals surface area contributed by atoms with Crippen molar-refractivity contribution < 1.29 is 19.7 Å². The SMILES string of the molecule is C=C1CC[C@@H](C)[C@](C)(CCC2(C)C=Cc3c(cc(C)c(C(=O)O)c3O)O2)[C@H]1C. The highest BCUT2D eigenvalue weighted by molar-refractivity contribution is 5.95. The number of allylic oxidation sites excluding steroid dienone is 1. The van der Waals surface area contributed by atoms with E-state index in [1.165, 1.54) is 12.0 Å². The van der Waals surface area contributed by atoms with Crippen LogP contribution >= 0.6 is 0 Å². The molecular weight excluding hydrogens is 352 g/mol. The quantitative estimate of drug-likeness (QED) is 0.627. The molecule has 28 heavy (non-hydrogen) atoms. The monoisotopic (exact) mass is 384 g/mol. The Bertz CT molecular complexity index is 853. The molecule has 1 saturated carbocycles. The molecule has 4 atom stereocenters. The van der Waals surface area contributed by atoms with Crippen LogP contribution in [0.4, 0.5) is 0 Å². The van der Waals surface area contributed by atoms with Crippen molar-refractivity contribution in [1.82, 2.24) is 0 Å². The zero-order valence-corrected chi connectivity index (χ0v) is 17.6. The summed E-state index contributed by atoms with van der Waals surface area (Å²) in [6.45, 7) is 15.0. The number of benzene rings is 1. The fourth-order valence-corrected chi connectivity index (χ4v) is 4.80. The van der Waals surface area contributed by atoms with Crippen molar-refractivity contribution in [2.45, 2.75) is 65.9 Å². The van der Waals surface area contributed by atoms with Crippen molar-refractivity contribution in [3.63, 3.8) is 0 Å². The standard InChI is InChI=1S/C24H32O4/c1-14-7-8-16(3)24(6,17(14)4)12-11-23(5)10-9-18-19(28-23)13-15(2)20(21(18)25)22(26)27/h9-10,13,16-17,25H,1,7-8,11-12H2,2-6H3,(H,26,27)/t16-,17+,23?,24+/m1/s1. The molecule has 0 saturated heterocycles. The maximum absolute atomic E-state index is 11.4. The number of phenols is 1. The van der Waals surface area contributed by atoms with Gasteiger partial charge in [0.15, 0.2) is 0 Å². The number of aromatic hydroxyl groups is 1. The van der Waals surface area contributed by atoms with Gasteiger partial charge < -0.3 is 14.9 Å². The molecule has 3 rings (SSSR count). The molecule has 1 unspecified atom stereocenters. The molecule has 1 aliphatic heterocycles. The first-order valence-corrected chi connectivity index (χ1v) is 10.1. The van der Waals surface area contributed by atoms with Crippen molar-refractivity contribution in [3.8, 4) is 11.5 Å². The summed E-state index contributed by atoms with van der Waals surface area (Å²) < 4.78 is 6.29. The summed E-state index contributed by atoms with van der Waals surface area (Å²) in [7, 11) is 0. The van der Waals surface area contributed by atoms with Crippen LogP contribution in [0.1, 0.15) is 74.9 Å². The molecule has 0 radical (unpaired) electrons. The van der Waals surface area contributed by atoms with E-state index in [0.29, 0.717) is 28.7 Å². The topological polar surface area (TPSA) is 66.8 Å². The van der Waals surface area contributed by atoms with Crippen LogP contribution in [-0.2, 0) is 0 Å². The third-order valence-corrected chi connectivity index (χ3v) is 7.44. The number of carbonyl (C=O) groups is 1. The lowest BCUT2D eigenvalue weighted by molar-refractivity contribution is 0.0481. The minimum atomic E-state index is -1.13. The van der Waals surface area contributed by atoms with Crippen LogP contribution in [-0.4, -0.2) is 21.8 Å². The van der Waals surface area contributed by atoms with E-state index >= 15 is 0 Å². The predicted octanol–water partition coefficient (Wildman–Crippen LogP) is 5.97.